The zero-order valence-corrected chi connectivity index (χ0v) is 13.5. The normalized spacial score (nSPS) is 11.5. The maximum atomic E-state index is 12.6. The van der Waals surface area contributed by atoms with E-state index in [-0.39, 0.29) is 10.0 Å². The van der Waals surface area contributed by atoms with E-state index in [4.69, 9.17) is 0 Å². The number of hydrogen-bond acceptors (Lipinski definition) is 6. The van der Waals surface area contributed by atoms with Crippen molar-refractivity contribution >= 4 is 26.5 Å². The van der Waals surface area contributed by atoms with Gasteiger partial charge < -0.3 is 0 Å². The van der Waals surface area contributed by atoms with E-state index in [1.54, 1.807) is 14.0 Å². The van der Waals surface area contributed by atoms with Gasteiger partial charge in [0.2, 0.25) is 5.13 Å². The van der Waals surface area contributed by atoms with Crippen LogP contribution in [0.25, 0.3) is 11.3 Å². The molecule has 0 atom stereocenters. The first-order chi connectivity index (χ1) is 10.5. The van der Waals surface area contributed by atoms with Gasteiger partial charge in [-0.25, -0.2) is 8.42 Å². The molecule has 0 amide bonds. The molecule has 1 aromatic carbocycles. The highest BCUT2D eigenvalue weighted by Crippen LogP contribution is 2.27. The molecule has 0 saturated heterocycles. The van der Waals surface area contributed by atoms with Crippen molar-refractivity contribution < 1.29 is 8.42 Å². The van der Waals surface area contributed by atoms with Crippen LogP contribution in [0.1, 0.15) is 5.01 Å². The van der Waals surface area contributed by atoms with Crippen LogP contribution in [0, 0.1) is 6.92 Å². The first-order valence-corrected chi connectivity index (χ1v) is 8.68. The third-order valence-electron chi connectivity index (χ3n) is 2.88. The fourth-order valence-electron chi connectivity index (χ4n) is 1.97. The van der Waals surface area contributed by atoms with Gasteiger partial charge in [0, 0.05) is 18.8 Å². The maximum absolute atomic E-state index is 12.6. The van der Waals surface area contributed by atoms with Gasteiger partial charge in [-0.15, -0.1) is 10.2 Å². The van der Waals surface area contributed by atoms with Crippen molar-refractivity contribution in [3.8, 4) is 11.3 Å². The smallest absolute Gasteiger partial charge is 0.267 e. The Hall–Kier alpha value is -2.26. The molecule has 0 fully saturated rings. The standard InChI is InChI=1S/C13H13N5O2S2/c1-9-14-15-13(21-9)17-22(19,20)11-8-18(2)16-12(11)10-6-4-3-5-7-10/h3-8H,1-2H3,(H,15,17). The third-order valence-corrected chi connectivity index (χ3v) is 5.10. The summed E-state index contributed by atoms with van der Waals surface area (Å²) in [6.45, 7) is 1.76. The summed E-state index contributed by atoms with van der Waals surface area (Å²) < 4.78 is 29.1. The highest BCUT2D eigenvalue weighted by Gasteiger charge is 2.24. The number of rotatable bonds is 4. The lowest BCUT2D eigenvalue weighted by Gasteiger charge is -2.04. The van der Waals surface area contributed by atoms with Gasteiger partial charge in [0.05, 0.1) is 0 Å². The summed E-state index contributed by atoms with van der Waals surface area (Å²) >= 11 is 1.18. The van der Waals surface area contributed by atoms with Crippen molar-refractivity contribution in [1.29, 1.82) is 0 Å². The Labute approximate surface area is 131 Å². The molecule has 0 unspecified atom stereocenters. The lowest BCUT2D eigenvalue weighted by Crippen LogP contribution is -2.13. The molecule has 0 aliphatic carbocycles. The maximum Gasteiger partial charge on any atom is 0.267 e. The SMILES string of the molecule is Cc1nnc(NS(=O)(=O)c2cn(C)nc2-c2ccccc2)s1. The number of aryl methyl sites for hydroxylation is 2. The molecule has 0 aliphatic rings. The lowest BCUT2D eigenvalue weighted by atomic mass is 10.2. The predicted octanol–water partition coefficient (Wildman–Crippen LogP) is 2.05. The Kier molecular flexibility index (Phi) is 3.67. The molecular formula is C13H13N5O2S2. The Morgan fingerprint density at radius 3 is 2.55 bits per heavy atom. The zero-order valence-electron chi connectivity index (χ0n) is 11.9. The Bertz CT molecular complexity index is 900. The van der Waals surface area contributed by atoms with E-state index in [0.29, 0.717) is 10.7 Å². The summed E-state index contributed by atoms with van der Waals surface area (Å²) in [4.78, 5) is 0.106. The molecule has 0 radical (unpaired) electrons. The van der Waals surface area contributed by atoms with Gasteiger partial charge in [-0.05, 0) is 6.92 Å². The van der Waals surface area contributed by atoms with Crippen LogP contribution in [0.3, 0.4) is 0 Å². The second-order valence-corrected chi connectivity index (χ2v) is 7.45. The van der Waals surface area contributed by atoms with Crippen molar-refractivity contribution in [2.75, 3.05) is 4.72 Å². The van der Waals surface area contributed by atoms with Crippen molar-refractivity contribution in [3.63, 3.8) is 0 Å². The third kappa shape index (κ3) is 2.85. The number of aromatic nitrogens is 4. The van der Waals surface area contributed by atoms with Crippen LogP contribution in [0.2, 0.25) is 0 Å². The molecule has 0 saturated carbocycles. The zero-order chi connectivity index (χ0) is 15.7. The van der Waals surface area contributed by atoms with Gasteiger partial charge in [-0.2, -0.15) is 5.10 Å². The number of sulfonamides is 1. The van der Waals surface area contributed by atoms with Gasteiger partial charge in [0.1, 0.15) is 15.6 Å². The van der Waals surface area contributed by atoms with Gasteiger partial charge in [-0.3, -0.25) is 9.40 Å². The Morgan fingerprint density at radius 1 is 1.18 bits per heavy atom. The van der Waals surface area contributed by atoms with Crippen LogP contribution in [0.15, 0.2) is 41.4 Å². The first kappa shape index (κ1) is 14.7. The second kappa shape index (κ2) is 5.50. The topological polar surface area (TPSA) is 89.8 Å². The van der Waals surface area contributed by atoms with Crippen LogP contribution in [0.5, 0.6) is 0 Å². The van der Waals surface area contributed by atoms with E-state index in [9.17, 15) is 8.42 Å². The quantitative estimate of drug-likeness (QED) is 0.788. The van der Waals surface area contributed by atoms with Crippen molar-refractivity contribution in [2.45, 2.75) is 11.8 Å². The minimum Gasteiger partial charge on any atom is -0.274 e. The molecule has 7 nitrogen and oxygen atoms in total. The molecule has 3 aromatic rings. The molecule has 9 heteroatoms. The first-order valence-electron chi connectivity index (χ1n) is 6.38. The predicted molar refractivity (Wildman–Crippen MR) is 84.1 cm³/mol. The van der Waals surface area contributed by atoms with Crippen molar-refractivity contribution in [2.24, 2.45) is 7.05 Å². The average Bonchev–Trinajstić information content (AvgIpc) is 3.06. The van der Waals surface area contributed by atoms with Crippen LogP contribution < -0.4 is 4.72 Å². The number of nitrogens with one attached hydrogen (secondary N) is 1. The lowest BCUT2D eigenvalue weighted by molar-refractivity contribution is 0.601. The molecule has 3 rings (SSSR count). The van der Waals surface area contributed by atoms with E-state index >= 15 is 0 Å². The van der Waals surface area contributed by atoms with Gasteiger partial charge in [-0.1, -0.05) is 41.7 Å². The minimum atomic E-state index is -3.78. The second-order valence-electron chi connectivity index (χ2n) is 4.61. The van der Waals surface area contributed by atoms with E-state index in [1.807, 2.05) is 30.3 Å². The minimum absolute atomic E-state index is 0.106. The monoisotopic (exact) mass is 335 g/mol. The van der Waals surface area contributed by atoms with E-state index in [0.717, 1.165) is 5.56 Å². The molecule has 1 N–H and O–H groups in total. The fraction of sp³-hybridized carbons (Fsp3) is 0.154. The van der Waals surface area contributed by atoms with Crippen LogP contribution >= 0.6 is 11.3 Å². The average molecular weight is 335 g/mol. The van der Waals surface area contributed by atoms with E-state index < -0.39 is 10.0 Å². The Balaban J connectivity index is 2.04. The van der Waals surface area contributed by atoms with Crippen molar-refractivity contribution in [1.82, 2.24) is 20.0 Å². The molecule has 22 heavy (non-hydrogen) atoms. The van der Waals surface area contributed by atoms with Crippen LogP contribution in [0.4, 0.5) is 5.13 Å². The van der Waals surface area contributed by atoms with Gasteiger partial charge >= 0.3 is 0 Å². The highest BCUT2D eigenvalue weighted by atomic mass is 32.2. The van der Waals surface area contributed by atoms with Crippen molar-refractivity contribution in [3.05, 3.63) is 41.5 Å². The number of nitrogens with zero attached hydrogens (tertiary/aromatic N) is 4. The summed E-state index contributed by atoms with van der Waals surface area (Å²) in [7, 11) is -2.10. The molecule has 2 heterocycles. The Morgan fingerprint density at radius 2 is 1.91 bits per heavy atom. The van der Waals surface area contributed by atoms with Gasteiger partial charge in [0.25, 0.3) is 10.0 Å². The molecule has 2 aromatic heterocycles. The molecular weight excluding hydrogens is 322 g/mol. The molecule has 0 bridgehead atoms. The summed E-state index contributed by atoms with van der Waals surface area (Å²) in [5, 5.41) is 12.8. The van der Waals surface area contributed by atoms with E-state index in [2.05, 4.69) is 20.0 Å². The van der Waals surface area contributed by atoms with Crippen LogP contribution in [-0.4, -0.2) is 28.4 Å². The number of anilines is 1. The summed E-state index contributed by atoms with van der Waals surface area (Å²) in [6, 6.07) is 9.17. The molecule has 0 aliphatic heterocycles. The molecule has 0 spiro atoms. The largest absolute Gasteiger partial charge is 0.274 e. The number of hydrogen-bond donors (Lipinski definition) is 1. The van der Waals surface area contributed by atoms with E-state index in [1.165, 1.54) is 22.2 Å². The van der Waals surface area contributed by atoms with Gasteiger partial charge in [0.15, 0.2) is 0 Å². The summed E-state index contributed by atoms with van der Waals surface area (Å²) in [5.74, 6) is 0. The summed E-state index contributed by atoms with van der Waals surface area (Å²) in [6.07, 6.45) is 1.47. The highest BCUT2D eigenvalue weighted by molar-refractivity contribution is 7.93. The fourth-order valence-corrected chi connectivity index (χ4v) is 3.99. The summed E-state index contributed by atoms with van der Waals surface area (Å²) in [5.41, 5.74) is 1.13. The van der Waals surface area contributed by atoms with Crippen LogP contribution in [-0.2, 0) is 17.1 Å². The molecule has 114 valence electrons. The number of benzene rings is 1.